The van der Waals surface area contributed by atoms with Crippen molar-refractivity contribution in [1.82, 2.24) is 15.2 Å². The lowest BCUT2D eigenvalue weighted by Gasteiger charge is -2.22. The minimum Gasteiger partial charge on any atom is -0.337 e. The number of anilines is 2. The summed E-state index contributed by atoms with van der Waals surface area (Å²) in [5, 5.41) is 7.55. The van der Waals surface area contributed by atoms with E-state index in [2.05, 4.69) is 28.6 Å². The molecule has 25 heavy (non-hydrogen) atoms. The number of amides is 1. The van der Waals surface area contributed by atoms with Crippen LogP contribution in [-0.2, 0) is 0 Å². The van der Waals surface area contributed by atoms with E-state index in [1.807, 2.05) is 36.2 Å². The number of aromatic nitrogens is 1. The van der Waals surface area contributed by atoms with Crippen molar-refractivity contribution in [3.8, 4) is 0 Å². The Morgan fingerprint density at radius 1 is 1.36 bits per heavy atom. The Labute approximate surface area is 154 Å². The second-order valence-electron chi connectivity index (χ2n) is 6.30. The third-order valence-electron chi connectivity index (χ3n) is 4.59. The number of thiophene rings is 1. The van der Waals surface area contributed by atoms with Crippen LogP contribution in [0, 0.1) is 6.92 Å². The lowest BCUT2D eigenvalue weighted by atomic mass is 10.2. The number of rotatable bonds is 4. The summed E-state index contributed by atoms with van der Waals surface area (Å²) >= 11 is 3.06. The van der Waals surface area contributed by atoms with Gasteiger partial charge in [-0.15, -0.1) is 11.3 Å². The normalized spacial score (nSPS) is 17.1. The molecule has 130 valence electrons. The van der Waals surface area contributed by atoms with E-state index in [0.29, 0.717) is 6.04 Å². The Morgan fingerprint density at radius 2 is 2.20 bits per heavy atom. The van der Waals surface area contributed by atoms with Gasteiger partial charge in [0.25, 0.3) is 5.91 Å². The molecule has 3 heterocycles. The van der Waals surface area contributed by atoms with Crippen molar-refractivity contribution in [2.75, 3.05) is 25.5 Å². The van der Waals surface area contributed by atoms with Crippen molar-refractivity contribution in [1.29, 1.82) is 0 Å². The summed E-state index contributed by atoms with van der Waals surface area (Å²) in [4.78, 5) is 20.9. The van der Waals surface area contributed by atoms with Gasteiger partial charge in [-0.2, -0.15) is 0 Å². The highest BCUT2D eigenvalue weighted by Crippen LogP contribution is 2.35. The summed E-state index contributed by atoms with van der Waals surface area (Å²) in [5.74, 6) is 0.0947. The van der Waals surface area contributed by atoms with E-state index in [1.165, 1.54) is 16.9 Å². The molecule has 1 aliphatic heterocycles. The van der Waals surface area contributed by atoms with Crippen LogP contribution in [0.15, 0.2) is 30.3 Å². The molecular formula is C18H20N4OS2. The predicted molar refractivity (Wildman–Crippen MR) is 105 cm³/mol. The van der Waals surface area contributed by atoms with Gasteiger partial charge in [0.05, 0.1) is 9.58 Å². The topological polar surface area (TPSA) is 57.3 Å². The summed E-state index contributed by atoms with van der Waals surface area (Å²) in [6, 6.07) is 10.4. The molecule has 2 aromatic heterocycles. The fourth-order valence-corrected chi connectivity index (χ4v) is 5.14. The van der Waals surface area contributed by atoms with Gasteiger partial charge < -0.3 is 15.5 Å². The van der Waals surface area contributed by atoms with Gasteiger partial charge in [0, 0.05) is 25.3 Å². The zero-order valence-corrected chi connectivity index (χ0v) is 15.8. The van der Waals surface area contributed by atoms with Crippen molar-refractivity contribution in [2.45, 2.75) is 19.4 Å². The number of thiazole rings is 1. The Morgan fingerprint density at radius 3 is 2.92 bits per heavy atom. The maximum Gasteiger partial charge on any atom is 0.264 e. The molecule has 1 aromatic carbocycles. The van der Waals surface area contributed by atoms with Gasteiger partial charge in [-0.1, -0.05) is 29.5 Å². The zero-order valence-electron chi connectivity index (χ0n) is 14.2. The fraction of sp³-hybridized carbons (Fsp3) is 0.333. The third kappa shape index (κ3) is 3.27. The van der Waals surface area contributed by atoms with Crippen molar-refractivity contribution in [3.05, 3.63) is 40.8 Å². The molecule has 1 saturated heterocycles. The first-order valence-electron chi connectivity index (χ1n) is 8.33. The molecule has 0 aliphatic carbocycles. The van der Waals surface area contributed by atoms with Crippen LogP contribution in [0.5, 0.6) is 0 Å². The van der Waals surface area contributed by atoms with Gasteiger partial charge >= 0.3 is 0 Å². The number of carbonyl (C=O) groups is 1. The van der Waals surface area contributed by atoms with Crippen molar-refractivity contribution >= 4 is 48.9 Å². The van der Waals surface area contributed by atoms with Gasteiger partial charge in [-0.3, -0.25) is 4.79 Å². The number of benzene rings is 1. The molecule has 0 spiro atoms. The van der Waals surface area contributed by atoms with Gasteiger partial charge in [-0.25, -0.2) is 4.98 Å². The number of para-hydroxylation sites is 1. The molecule has 7 heteroatoms. The van der Waals surface area contributed by atoms with Crippen LogP contribution in [0.25, 0.3) is 9.53 Å². The van der Waals surface area contributed by atoms with Crippen LogP contribution in [0.3, 0.4) is 0 Å². The molecule has 0 radical (unpaired) electrons. The van der Waals surface area contributed by atoms with E-state index in [4.69, 9.17) is 0 Å². The smallest absolute Gasteiger partial charge is 0.264 e. The number of aryl methyl sites for hydroxylation is 1. The number of nitrogens with zero attached hydrogens (tertiary/aromatic N) is 2. The number of fused-ring (bicyclic) bond motifs is 1. The van der Waals surface area contributed by atoms with E-state index in [-0.39, 0.29) is 5.91 Å². The summed E-state index contributed by atoms with van der Waals surface area (Å²) < 4.78 is 1.06. The molecule has 1 atom stereocenters. The van der Waals surface area contributed by atoms with Crippen LogP contribution >= 0.6 is 22.7 Å². The second-order valence-corrected chi connectivity index (χ2v) is 8.36. The highest BCUT2D eigenvalue weighted by Gasteiger charge is 2.25. The Hall–Kier alpha value is -1.96. The molecule has 5 nitrogen and oxygen atoms in total. The van der Waals surface area contributed by atoms with Crippen molar-refractivity contribution in [3.63, 3.8) is 0 Å². The minimum atomic E-state index is 0.0947. The van der Waals surface area contributed by atoms with Crippen molar-refractivity contribution in [2.24, 2.45) is 0 Å². The van der Waals surface area contributed by atoms with E-state index in [9.17, 15) is 4.79 Å². The molecule has 0 saturated carbocycles. The van der Waals surface area contributed by atoms with Gasteiger partial charge in [0.15, 0.2) is 5.13 Å². The monoisotopic (exact) mass is 372 g/mol. The standard InChI is InChI=1S/C18H20N4OS2/c1-11-5-3-4-6-13(11)20-18-21-16-14(25-18)9-15(24-16)17(23)22(2)12-7-8-19-10-12/h3-6,9,12,19H,7-8,10H2,1-2H3,(H,20,21). The number of hydrogen-bond acceptors (Lipinski definition) is 6. The molecule has 1 fully saturated rings. The molecule has 1 amide bonds. The largest absolute Gasteiger partial charge is 0.337 e. The molecule has 2 N–H and O–H groups in total. The summed E-state index contributed by atoms with van der Waals surface area (Å²) in [6.45, 7) is 3.94. The molecule has 1 unspecified atom stereocenters. The lowest BCUT2D eigenvalue weighted by Crippen LogP contribution is -2.37. The second kappa shape index (κ2) is 6.74. The molecule has 4 rings (SSSR count). The third-order valence-corrected chi connectivity index (χ3v) is 6.65. The van der Waals surface area contributed by atoms with Crippen LogP contribution in [0.1, 0.15) is 21.7 Å². The van der Waals surface area contributed by atoms with Gasteiger partial charge in [-0.05, 0) is 37.6 Å². The number of hydrogen-bond donors (Lipinski definition) is 2. The maximum absolute atomic E-state index is 12.7. The highest BCUT2D eigenvalue weighted by atomic mass is 32.1. The number of nitrogens with one attached hydrogen (secondary N) is 2. The summed E-state index contributed by atoms with van der Waals surface area (Å²) in [5.41, 5.74) is 2.25. The summed E-state index contributed by atoms with van der Waals surface area (Å²) in [6.07, 6.45) is 1.02. The van der Waals surface area contributed by atoms with E-state index in [1.54, 1.807) is 11.3 Å². The highest BCUT2D eigenvalue weighted by molar-refractivity contribution is 7.29. The lowest BCUT2D eigenvalue weighted by molar-refractivity contribution is 0.0749. The SMILES string of the molecule is Cc1ccccc1Nc1nc2sc(C(=O)N(C)C3CCNC3)cc2s1. The molecule has 3 aromatic rings. The van der Waals surface area contributed by atoms with Crippen LogP contribution in [0.4, 0.5) is 10.8 Å². The first-order chi connectivity index (χ1) is 12.1. The predicted octanol–water partition coefficient (Wildman–Crippen LogP) is 3.84. The molecule has 0 bridgehead atoms. The van der Waals surface area contributed by atoms with E-state index < -0.39 is 0 Å². The Kier molecular flexibility index (Phi) is 4.45. The first-order valence-corrected chi connectivity index (χ1v) is 9.96. The number of likely N-dealkylation sites (N-methyl/N-ethyl adjacent to an activating group) is 1. The van der Waals surface area contributed by atoms with Crippen LogP contribution in [0.2, 0.25) is 0 Å². The average molecular weight is 373 g/mol. The van der Waals surface area contributed by atoms with Crippen LogP contribution < -0.4 is 10.6 Å². The molecule has 1 aliphatic rings. The minimum absolute atomic E-state index is 0.0947. The van der Waals surface area contributed by atoms with Crippen molar-refractivity contribution < 1.29 is 4.79 Å². The Bertz CT molecular complexity index is 879. The van der Waals surface area contributed by atoms with E-state index >= 15 is 0 Å². The molecular weight excluding hydrogens is 352 g/mol. The maximum atomic E-state index is 12.7. The summed E-state index contributed by atoms with van der Waals surface area (Å²) in [7, 11) is 1.90. The number of carbonyl (C=O) groups excluding carboxylic acids is 1. The average Bonchev–Trinajstić information content (AvgIpc) is 3.31. The fourth-order valence-electron chi connectivity index (χ4n) is 3.03. The first kappa shape index (κ1) is 16.5. The van der Waals surface area contributed by atoms with Gasteiger partial charge in [0.2, 0.25) is 0 Å². The van der Waals surface area contributed by atoms with E-state index in [0.717, 1.165) is 44.7 Å². The zero-order chi connectivity index (χ0) is 17.4. The quantitative estimate of drug-likeness (QED) is 0.730. The van der Waals surface area contributed by atoms with Gasteiger partial charge in [0.1, 0.15) is 4.83 Å². The van der Waals surface area contributed by atoms with Crippen LogP contribution in [-0.4, -0.2) is 42.0 Å². The Balaban J connectivity index is 1.53.